The summed E-state index contributed by atoms with van der Waals surface area (Å²) in [7, 11) is 0.322. The number of methoxy groups -OCH3 is 3. The van der Waals surface area contributed by atoms with Crippen molar-refractivity contribution in [1.29, 1.82) is 0 Å². The molecule has 2 rings (SSSR count). The first-order valence-electron chi connectivity index (χ1n) is 6.49. The van der Waals surface area contributed by atoms with Crippen LogP contribution in [0.4, 0.5) is 10.1 Å². The van der Waals surface area contributed by atoms with E-state index in [1.54, 1.807) is 0 Å². The number of benzene rings is 2. The number of rotatable bonds is 6. The molecule has 0 bridgehead atoms. The molecule has 0 unspecified atom stereocenters. The first-order valence-corrected chi connectivity index (χ1v) is 7.98. The molecular formula is C15H16FNO5S. The van der Waals surface area contributed by atoms with Gasteiger partial charge in [0.05, 0.1) is 26.2 Å². The third-order valence-electron chi connectivity index (χ3n) is 3.08. The Morgan fingerprint density at radius 1 is 0.913 bits per heavy atom. The quantitative estimate of drug-likeness (QED) is 0.874. The van der Waals surface area contributed by atoms with Crippen molar-refractivity contribution in [3.05, 3.63) is 42.2 Å². The van der Waals surface area contributed by atoms with Crippen LogP contribution in [0.1, 0.15) is 0 Å². The number of sulfonamides is 1. The van der Waals surface area contributed by atoms with E-state index in [1.165, 1.54) is 45.6 Å². The molecule has 2 aromatic rings. The van der Waals surface area contributed by atoms with Crippen LogP contribution in [0.15, 0.2) is 41.3 Å². The Balaban J connectivity index is 2.47. The standard InChI is InChI=1S/C15H16FNO5S/c1-20-11-8-13(21-2)15(14(9-11)22-3)17-23(18,19)12-6-4-10(16)5-7-12/h4-9,17H,1-3H3. The van der Waals surface area contributed by atoms with Crippen LogP contribution in [0.25, 0.3) is 0 Å². The van der Waals surface area contributed by atoms with Crippen molar-refractivity contribution in [3.8, 4) is 17.2 Å². The molecule has 0 atom stereocenters. The second kappa shape index (κ2) is 6.74. The van der Waals surface area contributed by atoms with E-state index in [1.807, 2.05) is 0 Å². The third kappa shape index (κ3) is 3.65. The number of anilines is 1. The van der Waals surface area contributed by atoms with Crippen molar-refractivity contribution in [3.63, 3.8) is 0 Å². The Bertz CT molecular complexity index is 765. The molecule has 2 aromatic carbocycles. The number of ether oxygens (including phenoxy) is 3. The molecule has 0 aromatic heterocycles. The van der Waals surface area contributed by atoms with Gasteiger partial charge in [-0.2, -0.15) is 0 Å². The smallest absolute Gasteiger partial charge is 0.262 e. The molecule has 0 aliphatic carbocycles. The van der Waals surface area contributed by atoms with Crippen LogP contribution in [0.2, 0.25) is 0 Å². The van der Waals surface area contributed by atoms with Gasteiger partial charge in [-0.1, -0.05) is 0 Å². The van der Waals surface area contributed by atoms with Gasteiger partial charge in [0.15, 0.2) is 0 Å². The van der Waals surface area contributed by atoms with E-state index < -0.39 is 15.8 Å². The minimum absolute atomic E-state index is 0.0844. The maximum Gasteiger partial charge on any atom is 0.262 e. The second-order valence-electron chi connectivity index (χ2n) is 4.47. The molecule has 23 heavy (non-hydrogen) atoms. The fraction of sp³-hybridized carbons (Fsp3) is 0.200. The molecular weight excluding hydrogens is 325 g/mol. The number of nitrogens with one attached hydrogen (secondary N) is 1. The number of hydrogen-bond acceptors (Lipinski definition) is 5. The lowest BCUT2D eigenvalue weighted by Crippen LogP contribution is -2.14. The van der Waals surface area contributed by atoms with Crippen molar-refractivity contribution in [2.45, 2.75) is 4.90 Å². The summed E-state index contributed by atoms with van der Waals surface area (Å²) < 4.78 is 55.7. The van der Waals surface area contributed by atoms with Gasteiger partial charge in [-0.05, 0) is 24.3 Å². The van der Waals surface area contributed by atoms with E-state index in [2.05, 4.69) is 4.72 Å². The van der Waals surface area contributed by atoms with Crippen LogP contribution in [0, 0.1) is 5.82 Å². The van der Waals surface area contributed by atoms with Gasteiger partial charge in [-0.25, -0.2) is 12.8 Å². The molecule has 0 saturated heterocycles. The summed E-state index contributed by atoms with van der Waals surface area (Å²) in [5, 5.41) is 0. The summed E-state index contributed by atoms with van der Waals surface area (Å²) in [5.74, 6) is 0.380. The maximum absolute atomic E-state index is 13.0. The topological polar surface area (TPSA) is 73.9 Å². The largest absolute Gasteiger partial charge is 0.496 e. The summed E-state index contributed by atoms with van der Waals surface area (Å²) in [6.07, 6.45) is 0. The van der Waals surface area contributed by atoms with Crippen LogP contribution in [-0.2, 0) is 10.0 Å². The zero-order chi connectivity index (χ0) is 17.0. The molecule has 0 radical (unpaired) electrons. The molecule has 1 N–H and O–H groups in total. The van der Waals surface area contributed by atoms with Crippen molar-refractivity contribution < 1.29 is 27.0 Å². The van der Waals surface area contributed by atoms with Gasteiger partial charge >= 0.3 is 0 Å². The van der Waals surface area contributed by atoms with E-state index in [0.29, 0.717) is 5.75 Å². The van der Waals surface area contributed by atoms with Crippen molar-refractivity contribution in [2.24, 2.45) is 0 Å². The van der Waals surface area contributed by atoms with Gasteiger partial charge in [0.25, 0.3) is 10.0 Å². The fourth-order valence-electron chi connectivity index (χ4n) is 1.91. The van der Waals surface area contributed by atoms with Crippen LogP contribution < -0.4 is 18.9 Å². The zero-order valence-corrected chi connectivity index (χ0v) is 13.6. The fourth-order valence-corrected chi connectivity index (χ4v) is 3.00. The Labute approximate surface area is 133 Å². The van der Waals surface area contributed by atoms with E-state index in [-0.39, 0.29) is 22.1 Å². The molecule has 0 spiro atoms. The van der Waals surface area contributed by atoms with Gasteiger partial charge in [0.2, 0.25) is 0 Å². The summed E-state index contributed by atoms with van der Waals surface area (Å²) in [6, 6.07) is 7.50. The highest BCUT2D eigenvalue weighted by Crippen LogP contribution is 2.40. The highest BCUT2D eigenvalue weighted by atomic mass is 32.2. The van der Waals surface area contributed by atoms with Crippen molar-refractivity contribution in [1.82, 2.24) is 0 Å². The van der Waals surface area contributed by atoms with E-state index in [4.69, 9.17) is 14.2 Å². The molecule has 0 aliphatic rings. The van der Waals surface area contributed by atoms with Crippen molar-refractivity contribution in [2.75, 3.05) is 26.1 Å². The monoisotopic (exact) mass is 341 g/mol. The van der Waals surface area contributed by atoms with Crippen LogP contribution in [0.3, 0.4) is 0 Å². The molecule has 0 fully saturated rings. The summed E-state index contributed by atoms with van der Waals surface area (Å²) in [4.78, 5) is -0.0844. The Morgan fingerprint density at radius 3 is 1.87 bits per heavy atom. The van der Waals surface area contributed by atoms with E-state index >= 15 is 0 Å². The van der Waals surface area contributed by atoms with Gasteiger partial charge in [0, 0.05) is 12.1 Å². The molecule has 6 nitrogen and oxygen atoms in total. The first kappa shape index (κ1) is 16.9. The SMILES string of the molecule is COc1cc(OC)c(NS(=O)(=O)c2ccc(F)cc2)c(OC)c1. The highest BCUT2D eigenvalue weighted by molar-refractivity contribution is 7.92. The number of hydrogen-bond donors (Lipinski definition) is 1. The average molecular weight is 341 g/mol. The molecule has 0 saturated carbocycles. The summed E-state index contributed by atoms with van der Waals surface area (Å²) in [6.45, 7) is 0. The predicted octanol–water partition coefficient (Wildman–Crippen LogP) is 2.65. The van der Waals surface area contributed by atoms with E-state index in [0.717, 1.165) is 12.1 Å². The van der Waals surface area contributed by atoms with Crippen LogP contribution in [0.5, 0.6) is 17.2 Å². The number of halogens is 1. The van der Waals surface area contributed by atoms with E-state index in [9.17, 15) is 12.8 Å². The zero-order valence-electron chi connectivity index (χ0n) is 12.8. The Morgan fingerprint density at radius 2 is 1.43 bits per heavy atom. The first-order chi connectivity index (χ1) is 10.9. The van der Waals surface area contributed by atoms with Crippen LogP contribution >= 0.6 is 0 Å². The van der Waals surface area contributed by atoms with Gasteiger partial charge in [0.1, 0.15) is 28.8 Å². The Hall–Kier alpha value is -2.48. The lowest BCUT2D eigenvalue weighted by atomic mass is 10.2. The minimum Gasteiger partial charge on any atom is -0.496 e. The van der Waals surface area contributed by atoms with Gasteiger partial charge in [-0.15, -0.1) is 0 Å². The van der Waals surface area contributed by atoms with Gasteiger partial charge in [-0.3, -0.25) is 4.72 Å². The average Bonchev–Trinajstić information content (AvgIpc) is 2.55. The molecule has 0 heterocycles. The normalized spacial score (nSPS) is 11.0. The van der Waals surface area contributed by atoms with Crippen molar-refractivity contribution >= 4 is 15.7 Å². The molecule has 0 amide bonds. The summed E-state index contributed by atoms with van der Waals surface area (Å²) >= 11 is 0. The van der Waals surface area contributed by atoms with Crippen LogP contribution in [-0.4, -0.2) is 29.7 Å². The molecule has 0 aliphatic heterocycles. The Kier molecular flexibility index (Phi) is 4.95. The summed E-state index contributed by atoms with van der Waals surface area (Å²) in [5.41, 5.74) is 0.125. The lowest BCUT2D eigenvalue weighted by Gasteiger charge is -2.16. The van der Waals surface area contributed by atoms with Gasteiger partial charge < -0.3 is 14.2 Å². The third-order valence-corrected chi connectivity index (χ3v) is 4.44. The minimum atomic E-state index is -3.93. The lowest BCUT2D eigenvalue weighted by molar-refractivity contribution is 0.378. The second-order valence-corrected chi connectivity index (χ2v) is 6.15. The molecule has 8 heteroatoms. The maximum atomic E-state index is 13.0. The molecule has 124 valence electrons. The predicted molar refractivity (Wildman–Crippen MR) is 83.3 cm³/mol. The highest BCUT2D eigenvalue weighted by Gasteiger charge is 2.21.